The first-order valence-electron chi connectivity index (χ1n) is 7.99. The van der Waals surface area contributed by atoms with Crippen LogP contribution in [0, 0.1) is 0 Å². The lowest BCUT2D eigenvalue weighted by atomic mass is 10.0. The van der Waals surface area contributed by atoms with E-state index in [2.05, 4.69) is 22.8 Å². The van der Waals surface area contributed by atoms with E-state index in [1.807, 2.05) is 48.2 Å². The van der Waals surface area contributed by atoms with E-state index in [1.54, 1.807) is 0 Å². The molecular weight excluding hydrogens is 320 g/mol. The van der Waals surface area contributed by atoms with Gasteiger partial charge in [-0.2, -0.15) is 0 Å². The molecule has 4 nitrogen and oxygen atoms in total. The molecule has 2 N–H and O–H groups in total. The van der Waals surface area contributed by atoms with Crippen molar-refractivity contribution in [3.8, 4) is 0 Å². The molecule has 0 aromatic heterocycles. The van der Waals surface area contributed by atoms with Crippen molar-refractivity contribution in [1.29, 1.82) is 0 Å². The molecular formula is C19H20N2O2S. The lowest BCUT2D eigenvalue weighted by Crippen LogP contribution is -2.31. The van der Waals surface area contributed by atoms with Crippen LogP contribution >= 0.6 is 11.8 Å². The molecule has 0 aliphatic carbocycles. The average Bonchev–Trinajstić information content (AvgIpc) is 2.56. The molecule has 0 radical (unpaired) electrons. The van der Waals surface area contributed by atoms with Gasteiger partial charge in [-0.1, -0.05) is 30.3 Å². The standard InChI is InChI=1S/C19H20N2O2S/c1-13(22)20-15-8-6-14(7-9-15)12-19(23)21-17-10-11-24-18-5-3-2-4-16(17)18/h2-9,17H,10-12H2,1H3,(H,20,22)(H,21,23). The second-order valence-corrected chi connectivity index (χ2v) is 6.99. The number of carbonyl (C=O) groups is 2. The lowest BCUT2D eigenvalue weighted by molar-refractivity contribution is -0.121. The molecule has 1 aliphatic heterocycles. The Bertz CT molecular complexity index is 743. The van der Waals surface area contributed by atoms with Gasteiger partial charge in [-0.15, -0.1) is 11.8 Å². The van der Waals surface area contributed by atoms with Gasteiger partial charge < -0.3 is 10.6 Å². The molecule has 1 aliphatic rings. The van der Waals surface area contributed by atoms with Crippen LogP contribution in [0.1, 0.15) is 30.5 Å². The predicted octanol–water partition coefficient (Wildman–Crippen LogP) is 3.54. The number of thioether (sulfide) groups is 1. The van der Waals surface area contributed by atoms with E-state index in [0.717, 1.165) is 23.4 Å². The minimum Gasteiger partial charge on any atom is -0.349 e. The van der Waals surface area contributed by atoms with Crippen LogP contribution in [-0.2, 0) is 16.0 Å². The van der Waals surface area contributed by atoms with Gasteiger partial charge >= 0.3 is 0 Å². The summed E-state index contributed by atoms with van der Waals surface area (Å²) in [6.45, 7) is 1.47. The first-order valence-corrected chi connectivity index (χ1v) is 8.98. The van der Waals surface area contributed by atoms with Crippen molar-refractivity contribution in [2.45, 2.75) is 30.7 Å². The van der Waals surface area contributed by atoms with Crippen molar-refractivity contribution in [3.63, 3.8) is 0 Å². The molecule has 0 saturated carbocycles. The number of hydrogen-bond acceptors (Lipinski definition) is 3. The molecule has 1 atom stereocenters. The van der Waals surface area contributed by atoms with Crippen molar-refractivity contribution in [2.75, 3.05) is 11.1 Å². The summed E-state index contributed by atoms with van der Waals surface area (Å²) < 4.78 is 0. The van der Waals surface area contributed by atoms with Crippen molar-refractivity contribution in [2.24, 2.45) is 0 Å². The molecule has 5 heteroatoms. The normalized spacial score (nSPS) is 16.1. The third-order valence-corrected chi connectivity index (χ3v) is 5.06. The van der Waals surface area contributed by atoms with Crippen molar-refractivity contribution in [1.82, 2.24) is 5.32 Å². The van der Waals surface area contributed by atoms with Crippen molar-refractivity contribution < 1.29 is 9.59 Å². The minimum absolute atomic E-state index is 0.0222. The Labute approximate surface area is 146 Å². The number of rotatable bonds is 4. The zero-order valence-electron chi connectivity index (χ0n) is 13.5. The van der Waals surface area contributed by atoms with Crippen LogP contribution in [-0.4, -0.2) is 17.6 Å². The molecule has 0 bridgehead atoms. The number of hydrogen-bond donors (Lipinski definition) is 2. The molecule has 3 rings (SSSR count). The fraction of sp³-hybridized carbons (Fsp3) is 0.263. The summed E-state index contributed by atoms with van der Waals surface area (Å²) in [6.07, 6.45) is 1.29. The van der Waals surface area contributed by atoms with Gasteiger partial charge in [0, 0.05) is 23.3 Å². The number of benzene rings is 2. The van der Waals surface area contributed by atoms with Gasteiger partial charge in [-0.05, 0) is 35.7 Å². The summed E-state index contributed by atoms with van der Waals surface area (Å²) in [5.74, 6) is 0.941. The fourth-order valence-electron chi connectivity index (χ4n) is 2.83. The molecule has 124 valence electrons. The van der Waals surface area contributed by atoms with Crippen molar-refractivity contribution in [3.05, 3.63) is 59.7 Å². The monoisotopic (exact) mass is 340 g/mol. The van der Waals surface area contributed by atoms with Gasteiger partial charge in [0.2, 0.25) is 11.8 Å². The minimum atomic E-state index is -0.102. The molecule has 0 saturated heterocycles. The van der Waals surface area contributed by atoms with Crippen LogP contribution in [0.2, 0.25) is 0 Å². The summed E-state index contributed by atoms with van der Waals surface area (Å²) in [5.41, 5.74) is 2.88. The van der Waals surface area contributed by atoms with Crippen LogP contribution in [0.4, 0.5) is 5.69 Å². The molecule has 0 spiro atoms. The van der Waals surface area contributed by atoms with Gasteiger partial charge in [0.1, 0.15) is 0 Å². The van der Waals surface area contributed by atoms with Gasteiger partial charge in [0.15, 0.2) is 0 Å². The summed E-state index contributed by atoms with van der Waals surface area (Å²) in [4.78, 5) is 24.6. The number of anilines is 1. The number of amides is 2. The molecule has 1 heterocycles. The van der Waals surface area contributed by atoms with Gasteiger partial charge in [0.05, 0.1) is 12.5 Å². The van der Waals surface area contributed by atoms with E-state index >= 15 is 0 Å². The Kier molecular flexibility index (Phi) is 5.20. The highest BCUT2D eigenvalue weighted by Crippen LogP contribution is 2.35. The Balaban J connectivity index is 1.61. The average molecular weight is 340 g/mol. The zero-order valence-corrected chi connectivity index (χ0v) is 14.4. The van der Waals surface area contributed by atoms with Gasteiger partial charge in [-0.25, -0.2) is 0 Å². The Morgan fingerprint density at radius 1 is 1.12 bits per heavy atom. The van der Waals surface area contributed by atoms with E-state index in [0.29, 0.717) is 6.42 Å². The topological polar surface area (TPSA) is 58.2 Å². The molecule has 2 aromatic carbocycles. The largest absolute Gasteiger partial charge is 0.349 e. The second kappa shape index (κ2) is 7.53. The summed E-state index contributed by atoms with van der Waals surface area (Å²) in [7, 11) is 0. The number of fused-ring (bicyclic) bond motifs is 1. The summed E-state index contributed by atoms with van der Waals surface area (Å²) >= 11 is 1.84. The lowest BCUT2D eigenvalue weighted by Gasteiger charge is -2.25. The zero-order chi connectivity index (χ0) is 16.9. The number of carbonyl (C=O) groups excluding carboxylic acids is 2. The third kappa shape index (κ3) is 4.17. The molecule has 24 heavy (non-hydrogen) atoms. The highest BCUT2D eigenvalue weighted by atomic mass is 32.2. The Morgan fingerprint density at radius 3 is 2.62 bits per heavy atom. The van der Waals surface area contributed by atoms with E-state index in [1.165, 1.54) is 17.4 Å². The SMILES string of the molecule is CC(=O)Nc1ccc(CC(=O)NC2CCSc3ccccc32)cc1. The second-order valence-electron chi connectivity index (χ2n) is 5.85. The quantitative estimate of drug-likeness (QED) is 0.895. The fourth-order valence-corrected chi connectivity index (χ4v) is 3.96. The Morgan fingerprint density at radius 2 is 1.88 bits per heavy atom. The van der Waals surface area contributed by atoms with Crippen LogP contribution in [0.15, 0.2) is 53.4 Å². The smallest absolute Gasteiger partial charge is 0.224 e. The first-order chi connectivity index (χ1) is 11.6. The van der Waals surface area contributed by atoms with Crippen molar-refractivity contribution >= 4 is 29.3 Å². The van der Waals surface area contributed by atoms with Crippen LogP contribution in [0.5, 0.6) is 0 Å². The van der Waals surface area contributed by atoms with Crippen LogP contribution in [0.3, 0.4) is 0 Å². The predicted molar refractivity (Wildman–Crippen MR) is 97.1 cm³/mol. The maximum Gasteiger partial charge on any atom is 0.224 e. The summed E-state index contributed by atoms with van der Waals surface area (Å²) in [6, 6.07) is 15.7. The van der Waals surface area contributed by atoms with E-state index in [4.69, 9.17) is 0 Å². The highest BCUT2D eigenvalue weighted by molar-refractivity contribution is 7.99. The third-order valence-electron chi connectivity index (χ3n) is 3.93. The molecule has 2 amide bonds. The maximum atomic E-state index is 12.4. The molecule has 2 aromatic rings. The van der Waals surface area contributed by atoms with Crippen LogP contribution in [0.25, 0.3) is 0 Å². The highest BCUT2D eigenvalue weighted by Gasteiger charge is 2.21. The molecule has 1 unspecified atom stereocenters. The maximum absolute atomic E-state index is 12.4. The number of nitrogens with one attached hydrogen (secondary N) is 2. The van der Waals surface area contributed by atoms with E-state index in [9.17, 15) is 9.59 Å². The molecule has 0 fully saturated rings. The Hall–Kier alpha value is -2.27. The summed E-state index contributed by atoms with van der Waals surface area (Å²) in [5, 5.41) is 5.87. The van der Waals surface area contributed by atoms with E-state index in [-0.39, 0.29) is 17.9 Å². The van der Waals surface area contributed by atoms with E-state index < -0.39 is 0 Å². The first kappa shape index (κ1) is 16.6. The van der Waals surface area contributed by atoms with Gasteiger partial charge in [0.25, 0.3) is 0 Å². The van der Waals surface area contributed by atoms with Crippen LogP contribution < -0.4 is 10.6 Å². The van der Waals surface area contributed by atoms with Gasteiger partial charge in [-0.3, -0.25) is 9.59 Å².